The number of amides is 1. The number of nitrogens with one attached hydrogen (secondary N) is 2. The van der Waals surface area contributed by atoms with E-state index in [1.54, 1.807) is 31.4 Å². The molecule has 9 nitrogen and oxygen atoms in total. The molecular formula is C19H22FN7O2S. The van der Waals surface area contributed by atoms with Crippen molar-refractivity contribution in [1.29, 1.82) is 5.41 Å². The van der Waals surface area contributed by atoms with Gasteiger partial charge < -0.3 is 20.7 Å². The molecule has 158 valence electrons. The predicted octanol–water partition coefficient (Wildman–Crippen LogP) is 1.54. The third kappa shape index (κ3) is 6.14. The van der Waals surface area contributed by atoms with Gasteiger partial charge in [0.1, 0.15) is 5.75 Å². The summed E-state index contributed by atoms with van der Waals surface area (Å²) in [5.74, 6) is 0.298. The normalized spacial score (nSPS) is 16.4. The number of aliphatic imine (C=N–C) groups is 1. The van der Waals surface area contributed by atoms with E-state index in [0.717, 1.165) is 23.7 Å². The molecule has 2 aromatic rings. The molecule has 1 unspecified atom stereocenters. The largest absolute Gasteiger partial charge is 0.497 e. The molecule has 1 aliphatic heterocycles. The zero-order valence-corrected chi connectivity index (χ0v) is 17.2. The molecule has 1 saturated heterocycles. The Hall–Kier alpha value is -3.21. The van der Waals surface area contributed by atoms with Crippen LogP contribution >= 0.6 is 11.8 Å². The standard InChI is InChI=1S/C19H22FN7O2S/c1-29-14-4-2-3-12(9-14)10-17(28)24-19(22)30-18(21)23-13-7-8-27(11-13)16-6-5-15(20)25-26-16/h2-6,9,13H,7-8,10-11H2,1H3,(H2,21,23)(H2,22,24,28). The molecule has 1 amide bonds. The van der Waals surface area contributed by atoms with Crippen molar-refractivity contribution in [3.05, 3.63) is 47.9 Å². The van der Waals surface area contributed by atoms with E-state index in [-0.39, 0.29) is 28.7 Å². The molecule has 0 aliphatic carbocycles. The van der Waals surface area contributed by atoms with Gasteiger partial charge in [0.2, 0.25) is 11.9 Å². The summed E-state index contributed by atoms with van der Waals surface area (Å²) in [4.78, 5) is 18.5. The predicted molar refractivity (Wildman–Crippen MR) is 114 cm³/mol. The maximum Gasteiger partial charge on any atom is 0.233 e. The van der Waals surface area contributed by atoms with Crippen LogP contribution in [0.25, 0.3) is 0 Å². The van der Waals surface area contributed by atoms with Crippen LogP contribution in [0.4, 0.5) is 10.2 Å². The zero-order valence-electron chi connectivity index (χ0n) is 16.3. The molecule has 11 heteroatoms. The lowest BCUT2D eigenvalue weighted by Gasteiger charge is -2.15. The smallest absolute Gasteiger partial charge is 0.233 e. The van der Waals surface area contributed by atoms with Crippen molar-refractivity contribution in [3.63, 3.8) is 0 Å². The van der Waals surface area contributed by atoms with Gasteiger partial charge in [-0.25, -0.2) is 0 Å². The summed E-state index contributed by atoms with van der Waals surface area (Å²) in [6.07, 6.45) is 0.864. The van der Waals surface area contributed by atoms with Gasteiger partial charge in [-0.15, -0.1) is 10.2 Å². The van der Waals surface area contributed by atoms with Crippen molar-refractivity contribution < 1.29 is 13.9 Å². The number of carbonyl (C=O) groups is 1. The van der Waals surface area contributed by atoms with E-state index in [1.165, 1.54) is 6.07 Å². The number of nitrogens with two attached hydrogens (primary N) is 1. The van der Waals surface area contributed by atoms with Crippen LogP contribution in [0.15, 0.2) is 41.4 Å². The Morgan fingerprint density at radius 1 is 1.43 bits per heavy atom. The van der Waals surface area contributed by atoms with Crippen LogP contribution in [0, 0.1) is 11.4 Å². The Balaban J connectivity index is 1.47. The van der Waals surface area contributed by atoms with Crippen molar-refractivity contribution in [2.75, 3.05) is 25.1 Å². The molecule has 0 spiro atoms. The highest BCUT2D eigenvalue weighted by molar-refractivity contribution is 8.26. The first kappa shape index (κ1) is 21.5. The van der Waals surface area contributed by atoms with Crippen molar-refractivity contribution >= 4 is 33.8 Å². The number of hydrogen-bond acceptors (Lipinski definition) is 8. The zero-order chi connectivity index (χ0) is 21.5. The lowest BCUT2D eigenvalue weighted by atomic mass is 10.1. The van der Waals surface area contributed by atoms with Gasteiger partial charge in [-0.1, -0.05) is 12.1 Å². The van der Waals surface area contributed by atoms with Crippen molar-refractivity contribution in [2.45, 2.75) is 18.9 Å². The summed E-state index contributed by atoms with van der Waals surface area (Å²) in [5.41, 5.74) is 6.71. The lowest BCUT2D eigenvalue weighted by Crippen LogP contribution is -2.31. The minimum absolute atomic E-state index is 0.0790. The van der Waals surface area contributed by atoms with Gasteiger partial charge in [-0.3, -0.25) is 15.2 Å². The third-order valence-electron chi connectivity index (χ3n) is 4.37. The Morgan fingerprint density at radius 3 is 3.00 bits per heavy atom. The van der Waals surface area contributed by atoms with Crippen LogP contribution < -0.4 is 20.7 Å². The first-order chi connectivity index (χ1) is 14.4. The van der Waals surface area contributed by atoms with Gasteiger partial charge >= 0.3 is 0 Å². The number of aromatic nitrogens is 2. The molecule has 1 aromatic heterocycles. The van der Waals surface area contributed by atoms with Crippen molar-refractivity contribution in [1.82, 2.24) is 15.5 Å². The molecule has 1 fully saturated rings. The Kier molecular flexibility index (Phi) is 7.17. The highest BCUT2D eigenvalue weighted by atomic mass is 32.2. The van der Waals surface area contributed by atoms with Crippen LogP contribution in [0.2, 0.25) is 0 Å². The number of amidine groups is 2. The van der Waals surface area contributed by atoms with E-state index in [2.05, 4.69) is 20.5 Å². The van der Waals surface area contributed by atoms with Crippen LogP contribution in [-0.2, 0) is 11.2 Å². The fourth-order valence-corrected chi connectivity index (χ4v) is 3.58. The van der Waals surface area contributed by atoms with E-state index in [9.17, 15) is 9.18 Å². The second-order valence-corrected chi connectivity index (χ2v) is 7.61. The summed E-state index contributed by atoms with van der Waals surface area (Å²) in [6, 6.07) is 9.93. The fraction of sp³-hybridized carbons (Fsp3) is 0.316. The number of methoxy groups -OCH3 is 1. The number of rotatable bonds is 5. The van der Waals surface area contributed by atoms with E-state index in [0.29, 0.717) is 24.7 Å². The topological polar surface area (TPSA) is 130 Å². The fourth-order valence-electron chi connectivity index (χ4n) is 3.01. The summed E-state index contributed by atoms with van der Waals surface area (Å²) in [6.45, 7) is 1.26. The highest BCUT2D eigenvalue weighted by Gasteiger charge is 2.24. The molecule has 0 saturated carbocycles. The lowest BCUT2D eigenvalue weighted by molar-refractivity contribution is -0.119. The minimum atomic E-state index is -0.625. The maximum absolute atomic E-state index is 12.9. The molecule has 0 radical (unpaired) electrons. The maximum atomic E-state index is 12.9. The third-order valence-corrected chi connectivity index (χ3v) is 4.99. The van der Waals surface area contributed by atoms with Gasteiger partial charge in [0.15, 0.2) is 16.2 Å². The van der Waals surface area contributed by atoms with Gasteiger partial charge in [0, 0.05) is 13.1 Å². The van der Waals surface area contributed by atoms with E-state index in [4.69, 9.17) is 15.9 Å². The average molecular weight is 431 g/mol. The molecule has 1 atom stereocenters. The number of halogens is 1. The molecular weight excluding hydrogens is 409 g/mol. The van der Waals surface area contributed by atoms with Gasteiger partial charge in [-0.05, 0) is 48.0 Å². The van der Waals surface area contributed by atoms with E-state index in [1.807, 2.05) is 11.0 Å². The number of benzene rings is 1. The van der Waals surface area contributed by atoms with Gasteiger partial charge in [-0.2, -0.15) is 4.39 Å². The van der Waals surface area contributed by atoms with E-state index >= 15 is 0 Å². The molecule has 1 aliphatic rings. The monoisotopic (exact) mass is 431 g/mol. The molecule has 2 heterocycles. The summed E-state index contributed by atoms with van der Waals surface area (Å²) in [5, 5.41) is 17.8. The Bertz CT molecular complexity index is 939. The molecule has 1 aromatic carbocycles. The second kappa shape index (κ2) is 10.0. The number of carbonyl (C=O) groups excluding carboxylic acids is 1. The molecule has 4 N–H and O–H groups in total. The molecule has 0 bridgehead atoms. The first-order valence-electron chi connectivity index (χ1n) is 9.19. The average Bonchev–Trinajstić information content (AvgIpc) is 3.16. The molecule has 30 heavy (non-hydrogen) atoms. The van der Waals surface area contributed by atoms with Gasteiger partial charge in [0.05, 0.1) is 19.6 Å². The van der Waals surface area contributed by atoms with Crippen LogP contribution in [-0.4, -0.2) is 52.7 Å². The van der Waals surface area contributed by atoms with E-state index < -0.39 is 5.95 Å². The first-order valence-corrected chi connectivity index (χ1v) is 10.0. The number of thioether (sulfide) groups is 1. The number of nitrogens with zero attached hydrogens (tertiary/aromatic N) is 4. The van der Waals surface area contributed by atoms with Gasteiger partial charge in [0.25, 0.3) is 0 Å². The summed E-state index contributed by atoms with van der Waals surface area (Å²) >= 11 is 0.890. The van der Waals surface area contributed by atoms with Crippen molar-refractivity contribution in [3.8, 4) is 5.75 Å². The van der Waals surface area contributed by atoms with Crippen LogP contribution in [0.1, 0.15) is 12.0 Å². The second-order valence-electron chi connectivity index (χ2n) is 6.58. The highest BCUT2D eigenvalue weighted by Crippen LogP contribution is 2.20. The van der Waals surface area contributed by atoms with Crippen LogP contribution in [0.3, 0.4) is 0 Å². The van der Waals surface area contributed by atoms with Crippen LogP contribution in [0.5, 0.6) is 5.75 Å². The summed E-state index contributed by atoms with van der Waals surface area (Å²) < 4.78 is 18.0. The number of ether oxygens (including phenoxy) is 1. The minimum Gasteiger partial charge on any atom is -0.497 e. The molecule has 3 rings (SSSR count). The SMILES string of the molecule is COc1cccc(CC(=O)NC(=N)SC(N)=NC2CCN(c3ccc(F)nn3)C2)c1. The Morgan fingerprint density at radius 2 is 2.27 bits per heavy atom. The number of hydrogen-bond donors (Lipinski definition) is 3. The van der Waals surface area contributed by atoms with Crippen molar-refractivity contribution in [2.24, 2.45) is 10.7 Å². The Labute approximate surface area is 177 Å². The summed E-state index contributed by atoms with van der Waals surface area (Å²) in [7, 11) is 1.56. The quantitative estimate of drug-likeness (QED) is 0.484. The number of anilines is 1.